The smallest absolute Gasteiger partial charge is 0.410 e. The van der Waals surface area contributed by atoms with Gasteiger partial charge >= 0.3 is 18.3 Å². The number of aromatic nitrogens is 3. The number of rotatable bonds is 7. The highest BCUT2D eigenvalue weighted by Gasteiger charge is 2.28. The van der Waals surface area contributed by atoms with Crippen LogP contribution in [0.25, 0.3) is 22.5 Å². The number of halogens is 3. The third-order valence-corrected chi connectivity index (χ3v) is 6.36. The quantitative estimate of drug-likeness (QED) is 0.286. The number of piperidine rings is 1. The summed E-state index contributed by atoms with van der Waals surface area (Å²) >= 11 is 0. The maximum Gasteiger partial charge on any atom is 0.410 e. The number of hydrogen-bond acceptors (Lipinski definition) is 7. The number of likely N-dealkylation sites (tertiary alicyclic amines) is 1. The molecule has 0 radical (unpaired) electrons. The van der Waals surface area contributed by atoms with Crippen LogP contribution < -0.4 is 16.0 Å². The molecule has 0 aromatic carbocycles. The largest absolute Gasteiger partial charge is 0.444 e. The first-order valence-corrected chi connectivity index (χ1v) is 13.3. The number of fused-ring (bicyclic) bond motifs is 1. The molecule has 1 aliphatic rings. The Bertz CT molecular complexity index is 1470. The first kappa shape index (κ1) is 30.3. The Morgan fingerprint density at radius 3 is 2.55 bits per heavy atom. The second kappa shape index (κ2) is 12.5. The lowest BCUT2D eigenvalue weighted by molar-refractivity contribution is -0.122. The number of amides is 3. The molecule has 0 spiro atoms. The molecule has 0 bridgehead atoms. The Balaban J connectivity index is 1.41. The lowest BCUT2D eigenvalue weighted by atomic mass is 10.0. The summed E-state index contributed by atoms with van der Waals surface area (Å²) in [6, 6.07) is 4.39. The zero-order valence-corrected chi connectivity index (χ0v) is 23.5. The zero-order valence-electron chi connectivity index (χ0n) is 23.5. The van der Waals surface area contributed by atoms with Crippen molar-refractivity contribution in [1.82, 2.24) is 29.9 Å². The monoisotopic (exact) mass is 586 g/mol. The van der Waals surface area contributed by atoms with Crippen LogP contribution in [0.2, 0.25) is 0 Å². The fourth-order valence-corrected chi connectivity index (χ4v) is 4.35. The number of pyridine rings is 2. The number of carbonyl (C=O) groups excluding carboxylic acids is 2. The fourth-order valence-electron chi connectivity index (χ4n) is 4.35. The van der Waals surface area contributed by atoms with Crippen molar-refractivity contribution in [2.45, 2.75) is 51.4 Å². The summed E-state index contributed by atoms with van der Waals surface area (Å²) in [5.41, 5.74) is 2.93. The highest BCUT2D eigenvalue weighted by molar-refractivity contribution is 6.08. The van der Waals surface area contributed by atoms with Gasteiger partial charge in [-0.15, -0.1) is 0 Å². The minimum Gasteiger partial charge on any atom is -0.444 e. The molecular formula is C28H33F3N8O3. The number of ether oxygens (including phenoxy) is 1. The summed E-state index contributed by atoms with van der Waals surface area (Å²) in [5, 5.41) is 15.4. The van der Waals surface area contributed by atoms with Gasteiger partial charge in [-0.05, 0) is 57.4 Å². The first-order valence-electron chi connectivity index (χ1n) is 13.3. The van der Waals surface area contributed by atoms with Crippen LogP contribution in [-0.4, -0.2) is 75.1 Å². The van der Waals surface area contributed by atoms with E-state index in [1.807, 2.05) is 32.9 Å². The van der Waals surface area contributed by atoms with Gasteiger partial charge in [0.25, 0.3) is 0 Å². The molecule has 4 rings (SSSR count). The van der Waals surface area contributed by atoms with Crippen LogP contribution in [0.1, 0.15) is 39.2 Å². The number of imidazole rings is 1. The molecule has 3 amide bonds. The molecule has 0 aliphatic carbocycles. The molecule has 0 atom stereocenters. The van der Waals surface area contributed by atoms with Crippen molar-refractivity contribution in [3.05, 3.63) is 54.7 Å². The van der Waals surface area contributed by atoms with Crippen molar-refractivity contribution < 1.29 is 27.5 Å². The van der Waals surface area contributed by atoms with E-state index in [-0.39, 0.29) is 17.8 Å². The molecule has 0 saturated carbocycles. The number of hydrogen-bond donors (Lipinski definition) is 4. The number of alkyl halides is 3. The van der Waals surface area contributed by atoms with Crippen LogP contribution in [0.5, 0.6) is 0 Å². The third kappa shape index (κ3) is 8.21. The van der Waals surface area contributed by atoms with E-state index in [1.165, 1.54) is 12.4 Å². The van der Waals surface area contributed by atoms with Crippen molar-refractivity contribution in [1.29, 1.82) is 5.41 Å². The first-order chi connectivity index (χ1) is 19.8. The Morgan fingerprint density at radius 1 is 1.14 bits per heavy atom. The summed E-state index contributed by atoms with van der Waals surface area (Å²) in [4.78, 5) is 34.4. The van der Waals surface area contributed by atoms with E-state index in [0.717, 1.165) is 18.4 Å². The van der Waals surface area contributed by atoms with Gasteiger partial charge in [-0.3, -0.25) is 9.38 Å². The molecule has 4 heterocycles. The van der Waals surface area contributed by atoms with E-state index < -0.39 is 24.4 Å². The van der Waals surface area contributed by atoms with Crippen molar-refractivity contribution in [2.24, 2.45) is 0 Å². The van der Waals surface area contributed by atoms with Gasteiger partial charge in [0.15, 0.2) is 0 Å². The number of urea groups is 1. The average molecular weight is 587 g/mol. The highest BCUT2D eigenvalue weighted by atomic mass is 19.4. The van der Waals surface area contributed by atoms with E-state index in [9.17, 15) is 22.8 Å². The fraction of sp³-hybridized carbons (Fsp3) is 0.393. The number of nitrogens with zero attached hydrogens (tertiary/aromatic N) is 4. The van der Waals surface area contributed by atoms with Crippen LogP contribution in [0.3, 0.4) is 0 Å². The lowest BCUT2D eigenvalue weighted by Gasteiger charge is -2.33. The molecule has 3 aromatic heterocycles. The standard InChI is InChI=1S/C28H33F3N8O3/c1-27(2,3)42-26(41)38-7-5-21(6-8-38)34-14-20(12-32)18-4-9-39-23(16-35-24(39)11-18)19-10-22(15-33-13-19)37-25(40)36-17-28(29,30)31/h4,9-16,21,32,34H,5-8,17H2,1-3H3,(H2,36,37,40)/b20-14+,32-12?. The Morgan fingerprint density at radius 2 is 1.88 bits per heavy atom. The van der Waals surface area contributed by atoms with E-state index in [1.54, 1.807) is 45.5 Å². The summed E-state index contributed by atoms with van der Waals surface area (Å²) in [5.74, 6) is 0. The maximum absolute atomic E-state index is 12.4. The van der Waals surface area contributed by atoms with Gasteiger partial charge in [0.1, 0.15) is 17.8 Å². The minimum absolute atomic E-state index is 0.143. The number of nitrogens with one attached hydrogen (secondary N) is 4. The number of allylic oxidation sites excluding steroid dienone is 1. The molecule has 42 heavy (non-hydrogen) atoms. The van der Waals surface area contributed by atoms with Gasteiger partial charge in [0.2, 0.25) is 0 Å². The molecule has 224 valence electrons. The maximum atomic E-state index is 12.4. The van der Waals surface area contributed by atoms with E-state index >= 15 is 0 Å². The molecule has 1 saturated heterocycles. The van der Waals surface area contributed by atoms with Crippen molar-refractivity contribution in [3.8, 4) is 11.3 Å². The van der Waals surface area contributed by atoms with Gasteiger partial charge in [0.05, 0.1) is 23.8 Å². The van der Waals surface area contributed by atoms with Gasteiger partial charge in [-0.2, -0.15) is 13.2 Å². The molecule has 11 nitrogen and oxygen atoms in total. The predicted octanol–water partition coefficient (Wildman–Crippen LogP) is 5.06. The van der Waals surface area contributed by atoms with Crippen LogP contribution in [-0.2, 0) is 4.74 Å². The number of anilines is 1. The molecule has 1 aliphatic heterocycles. The van der Waals surface area contributed by atoms with Gasteiger partial charge < -0.3 is 31.0 Å². The van der Waals surface area contributed by atoms with Crippen LogP contribution in [0, 0.1) is 5.41 Å². The van der Waals surface area contributed by atoms with Crippen LogP contribution >= 0.6 is 0 Å². The molecule has 1 fully saturated rings. The van der Waals surface area contributed by atoms with Gasteiger partial charge in [-0.1, -0.05) is 0 Å². The summed E-state index contributed by atoms with van der Waals surface area (Å²) in [6.07, 6.45) is 6.00. The molecule has 0 unspecified atom stereocenters. The highest BCUT2D eigenvalue weighted by Crippen LogP contribution is 2.25. The zero-order chi connectivity index (χ0) is 30.5. The topological polar surface area (TPSA) is 137 Å². The van der Waals surface area contributed by atoms with Gasteiger partial charge in [-0.25, -0.2) is 14.6 Å². The second-order valence-electron chi connectivity index (χ2n) is 10.8. The van der Waals surface area contributed by atoms with Crippen molar-refractivity contribution >= 4 is 35.2 Å². The summed E-state index contributed by atoms with van der Waals surface area (Å²) in [7, 11) is 0. The second-order valence-corrected chi connectivity index (χ2v) is 10.8. The summed E-state index contributed by atoms with van der Waals surface area (Å²) in [6.45, 7) is 5.23. The van der Waals surface area contributed by atoms with Crippen LogP contribution in [0.4, 0.5) is 28.4 Å². The number of carbonyl (C=O) groups is 2. The molecular weight excluding hydrogens is 553 g/mol. The van der Waals surface area contributed by atoms with E-state index in [4.69, 9.17) is 10.1 Å². The van der Waals surface area contributed by atoms with Crippen molar-refractivity contribution in [3.63, 3.8) is 0 Å². The van der Waals surface area contributed by atoms with Crippen molar-refractivity contribution in [2.75, 3.05) is 25.0 Å². The SMILES string of the molecule is CC(C)(C)OC(=O)N1CCC(N/C=C(\C=N)c2ccn3c(-c4cncc(NC(=O)NCC(F)(F)F)c4)cnc3c2)CC1. The lowest BCUT2D eigenvalue weighted by Crippen LogP contribution is -2.45. The predicted molar refractivity (Wildman–Crippen MR) is 152 cm³/mol. The molecule has 4 N–H and O–H groups in total. The van der Waals surface area contributed by atoms with Gasteiger partial charge in [0, 0.05) is 55.1 Å². The Labute approximate surface area is 240 Å². The average Bonchev–Trinajstić information content (AvgIpc) is 3.35. The Hall–Kier alpha value is -4.62. The Kier molecular flexibility index (Phi) is 9.02. The third-order valence-electron chi connectivity index (χ3n) is 6.36. The van der Waals surface area contributed by atoms with E-state index in [0.29, 0.717) is 35.6 Å². The minimum atomic E-state index is -4.52. The van der Waals surface area contributed by atoms with Crippen LogP contribution in [0.15, 0.2) is 49.2 Å². The molecule has 14 heteroatoms. The van der Waals surface area contributed by atoms with E-state index in [2.05, 4.69) is 20.6 Å². The normalized spacial score (nSPS) is 14.9. The summed E-state index contributed by atoms with van der Waals surface area (Å²) < 4.78 is 44.3. The molecule has 3 aromatic rings.